The first kappa shape index (κ1) is 22.8. The number of para-hydroxylation sites is 1. The number of carbonyl (C=O) groups excluding carboxylic acids is 1. The first-order valence-corrected chi connectivity index (χ1v) is 12.1. The molecule has 0 saturated carbocycles. The Morgan fingerprint density at radius 1 is 1.06 bits per heavy atom. The van der Waals surface area contributed by atoms with Crippen LogP contribution in [-0.2, 0) is 28.4 Å². The van der Waals surface area contributed by atoms with Crippen LogP contribution in [0.25, 0.3) is 0 Å². The molecular formula is C20H22FN5O3S2. The first-order valence-electron chi connectivity index (χ1n) is 9.23. The Hall–Kier alpha value is -2.92. The number of hydrogen-bond donors (Lipinski definition) is 0. The van der Waals surface area contributed by atoms with Crippen LogP contribution in [0.4, 0.5) is 15.8 Å². The number of benzene rings is 2. The van der Waals surface area contributed by atoms with Gasteiger partial charge in [0.15, 0.2) is 11.0 Å². The average Bonchev–Trinajstić information content (AvgIpc) is 3.09. The number of hydrogen-bond acceptors (Lipinski definition) is 6. The molecule has 0 unspecified atom stereocenters. The molecule has 0 spiro atoms. The van der Waals surface area contributed by atoms with Crippen LogP contribution >= 0.6 is 11.8 Å². The summed E-state index contributed by atoms with van der Waals surface area (Å²) in [4.78, 5) is 14.0. The predicted octanol–water partition coefficient (Wildman–Crippen LogP) is 2.68. The van der Waals surface area contributed by atoms with Crippen LogP contribution in [0.5, 0.6) is 0 Å². The van der Waals surface area contributed by atoms with E-state index < -0.39 is 15.8 Å². The van der Waals surface area contributed by atoms with E-state index in [4.69, 9.17) is 0 Å². The van der Waals surface area contributed by atoms with E-state index in [1.54, 1.807) is 23.6 Å². The molecule has 31 heavy (non-hydrogen) atoms. The van der Waals surface area contributed by atoms with Gasteiger partial charge in [0.2, 0.25) is 15.9 Å². The van der Waals surface area contributed by atoms with Gasteiger partial charge in [-0.3, -0.25) is 9.10 Å². The van der Waals surface area contributed by atoms with Gasteiger partial charge in [-0.05, 0) is 36.4 Å². The highest BCUT2D eigenvalue weighted by Gasteiger charge is 2.22. The van der Waals surface area contributed by atoms with Crippen LogP contribution in [0.3, 0.4) is 0 Å². The molecular weight excluding hydrogens is 441 g/mol. The van der Waals surface area contributed by atoms with Crippen LogP contribution in [0.1, 0.15) is 5.82 Å². The molecule has 0 saturated heterocycles. The molecule has 164 valence electrons. The molecule has 1 amide bonds. The van der Waals surface area contributed by atoms with E-state index in [9.17, 15) is 17.6 Å². The van der Waals surface area contributed by atoms with Crippen molar-refractivity contribution in [3.8, 4) is 0 Å². The molecule has 1 heterocycles. The number of sulfonamides is 1. The zero-order valence-electron chi connectivity index (χ0n) is 17.3. The summed E-state index contributed by atoms with van der Waals surface area (Å²) in [5.74, 6) is -0.0314. The molecule has 0 aliphatic heterocycles. The Labute approximate surface area is 184 Å². The Bertz CT molecular complexity index is 1150. The fourth-order valence-corrected chi connectivity index (χ4v) is 4.46. The third-order valence-corrected chi connectivity index (χ3v) is 6.71. The number of rotatable bonds is 8. The van der Waals surface area contributed by atoms with Gasteiger partial charge in [0.25, 0.3) is 0 Å². The Morgan fingerprint density at radius 2 is 1.71 bits per heavy atom. The van der Waals surface area contributed by atoms with E-state index in [0.717, 1.165) is 16.2 Å². The molecule has 2 aromatic carbocycles. The Kier molecular flexibility index (Phi) is 6.96. The molecule has 0 radical (unpaired) electrons. The summed E-state index contributed by atoms with van der Waals surface area (Å²) in [5, 5.41) is 8.65. The first-order chi connectivity index (χ1) is 14.7. The van der Waals surface area contributed by atoms with E-state index in [2.05, 4.69) is 10.2 Å². The van der Waals surface area contributed by atoms with Crippen LogP contribution in [-0.4, -0.2) is 48.1 Å². The molecule has 0 fully saturated rings. The van der Waals surface area contributed by atoms with Gasteiger partial charge in [-0.15, -0.1) is 10.2 Å². The highest BCUT2D eigenvalue weighted by atomic mass is 32.2. The fourth-order valence-electron chi connectivity index (χ4n) is 2.76. The van der Waals surface area contributed by atoms with Gasteiger partial charge in [-0.25, -0.2) is 12.8 Å². The van der Waals surface area contributed by atoms with E-state index >= 15 is 0 Å². The molecule has 3 aromatic rings. The summed E-state index contributed by atoms with van der Waals surface area (Å²) >= 11 is 1.21. The Balaban J connectivity index is 1.71. The number of amides is 1. The lowest BCUT2D eigenvalue weighted by Crippen LogP contribution is -2.30. The minimum atomic E-state index is -3.64. The normalized spacial score (nSPS) is 11.4. The van der Waals surface area contributed by atoms with Crippen molar-refractivity contribution in [2.24, 2.45) is 7.05 Å². The molecule has 1 aromatic heterocycles. The molecule has 0 atom stereocenters. The van der Waals surface area contributed by atoms with Crippen molar-refractivity contribution in [2.75, 3.05) is 28.3 Å². The van der Waals surface area contributed by atoms with E-state index in [1.165, 1.54) is 36.0 Å². The molecule has 0 N–H and O–H groups in total. The molecule has 0 aliphatic rings. The SMILES string of the molecule is CN(C(=O)CSc1nnc(CN(c2ccc(F)cc2)S(C)(=O)=O)n1C)c1ccccc1. The molecule has 0 bridgehead atoms. The van der Waals surface area contributed by atoms with Crippen molar-refractivity contribution >= 4 is 39.1 Å². The molecule has 3 rings (SSSR count). The Morgan fingerprint density at radius 3 is 2.32 bits per heavy atom. The summed E-state index contributed by atoms with van der Waals surface area (Å²) in [6.45, 7) is -0.0770. The van der Waals surface area contributed by atoms with Crippen molar-refractivity contribution in [1.29, 1.82) is 0 Å². The second-order valence-corrected chi connectivity index (χ2v) is 9.63. The lowest BCUT2D eigenvalue weighted by molar-refractivity contribution is -0.115. The average molecular weight is 464 g/mol. The number of anilines is 2. The molecule has 11 heteroatoms. The highest BCUT2D eigenvalue weighted by Crippen LogP contribution is 2.23. The summed E-state index contributed by atoms with van der Waals surface area (Å²) < 4.78 is 40.6. The summed E-state index contributed by atoms with van der Waals surface area (Å²) in [5.41, 5.74) is 1.11. The number of halogens is 1. The van der Waals surface area contributed by atoms with Gasteiger partial charge >= 0.3 is 0 Å². The number of thioether (sulfide) groups is 1. The van der Waals surface area contributed by atoms with Crippen molar-refractivity contribution in [3.63, 3.8) is 0 Å². The zero-order chi connectivity index (χ0) is 22.6. The van der Waals surface area contributed by atoms with Crippen LogP contribution in [0.2, 0.25) is 0 Å². The smallest absolute Gasteiger partial charge is 0.237 e. The summed E-state index contributed by atoms with van der Waals surface area (Å²) in [7, 11) is -0.238. The topological polar surface area (TPSA) is 88.4 Å². The van der Waals surface area contributed by atoms with Gasteiger partial charge in [-0.2, -0.15) is 0 Å². The van der Waals surface area contributed by atoms with Crippen molar-refractivity contribution in [1.82, 2.24) is 14.8 Å². The maximum atomic E-state index is 13.2. The number of aromatic nitrogens is 3. The van der Waals surface area contributed by atoms with E-state index in [0.29, 0.717) is 16.7 Å². The lowest BCUT2D eigenvalue weighted by atomic mass is 10.3. The number of carbonyl (C=O) groups is 1. The van der Waals surface area contributed by atoms with Gasteiger partial charge in [0, 0.05) is 19.8 Å². The lowest BCUT2D eigenvalue weighted by Gasteiger charge is -2.21. The quantitative estimate of drug-likeness (QED) is 0.477. The van der Waals surface area contributed by atoms with Crippen LogP contribution < -0.4 is 9.21 Å². The second kappa shape index (κ2) is 9.48. The summed E-state index contributed by atoms with van der Waals surface area (Å²) in [6, 6.07) is 14.5. The van der Waals surface area contributed by atoms with Gasteiger partial charge in [-0.1, -0.05) is 30.0 Å². The third-order valence-electron chi connectivity index (χ3n) is 4.57. The molecule has 0 aliphatic carbocycles. The minimum Gasteiger partial charge on any atom is -0.315 e. The highest BCUT2D eigenvalue weighted by molar-refractivity contribution is 7.99. The van der Waals surface area contributed by atoms with Crippen molar-refractivity contribution in [2.45, 2.75) is 11.7 Å². The zero-order valence-corrected chi connectivity index (χ0v) is 18.9. The maximum Gasteiger partial charge on any atom is 0.237 e. The largest absolute Gasteiger partial charge is 0.315 e. The van der Waals surface area contributed by atoms with Gasteiger partial charge in [0.1, 0.15) is 5.82 Å². The fraction of sp³-hybridized carbons (Fsp3) is 0.250. The van der Waals surface area contributed by atoms with Crippen molar-refractivity contribution < 1.29 is 17.6 Å². The van der Waals surface area contributed by atoms with Crippen LogP contribution in [0.15, 0.2) is 59.8 Å². The minimum absolute atomic E-state index is 0.0770. The summed E-state index contributed by atoms with van der Waals surface area (Å²) in [6.07, 6.45) is 1.07. The number of nitrogens with zero attached hydrogens (tertiary/aromatic N) is 5. The monoisotopic (exact) mass is 463 g/mol. The van der Waals surface area contributed by atoms with E-state index in [1.807, 2.05) is 30.3 Å². The third kappa shape index (κ3) is 5.61. The standard InChI is InChI=1S/C20H22FN5O3S2/c1-24(16-7-5-4-6-8-16)19(27)14-30-20-23-22-18(25(20)2)13-26(31(3,28)29)17-11-9-15(21)10-12-17/h4-12H,13-14H2,1-3H3. The molecule has 8 nitrogen and oxygen atoms in total. The predicted molar refractivity (Wildman–Crippen MR) is 119 cm³/mol. The maximum absolute atomic E-state index is 13.2. The van der Waals surface area contributed by atoms with E-state index in [-0.39, 0.29) is 18.2 Å². The second-order valence-electron chi connectivity index (χ2n) is 6.78. The van der Waals surface area contributed by atoms with Crippen molar-refractivity contribution in [3.05, 3.63) is 66.2 Å². The van der Waals surface area contributed by atoms with Crippen LogP contribution in [0, 0.1) is 5.82 Å². The van der Waals surface area contributed by atoms with Gasteiger partial charge in [0.05, 0.1) is 24.2 Å². The van der Waals surface area contributed by atoms with Gasteiger partial charge < -0.3 is 9.47 Å².